The maximum absolute atomic E-state index is 13.3. The Hall–Kier alpha value is -2.83. The second kappa shape index (κ2) is 10.1. The van der Waals surface area contributed by atoms with Gasteiger partial charge in [-0.05, 0) is 44.9 Å². The maximum atomic E-state index is 13.3. The summed E-state index contributed by atoms with van der Waals surface area (Å²) in [4.78, 5) is 23.0. The van der Waals surface area contributed by atoms with Gasteiger partial charge in [0.2, 0.25) is 5.95 Å². The van der Waals surface area contributed by atoms with Gasteiger partial charge in [-0.25, -0.2) is 9.78 Å². The van der Waals surface area contributed by atoms with Crippen LogP contribution >= 0.6 is 11.6 Å². The molecule has 1 aliphatic rings. The predicted octanol–water partition coefficient (Wildman–Crippen LogP) is 3.69. The summed E-state index contributed by atoms with van der Waals surface area (Å²) in [5.74, 6) is -2.10. The lowest BCUT2D eigenvalue weighted by Crippen LogP contribution is -2.47. The summed E-state index contributed by atoms with van der Waals surface area (Å²) < 4.78 is 43.1. The fraction of sp³-hybridized carbons (Fsp3) is 0.542. The molecular formula is C24H30ClF3N6O3. The summed E-state index contributed by atoms with van der Waals surface area (Å²) in [7, 11) is 1.67. The highest BCUT2D eigenvalue weighted by Crippen LogP contribution is 2.38. The van der Waals surface area contributed by atoms with Crippen LogP contribution in [0, 0.1) is 11.8 Å². The molecule has 9 nitrogen and oxygen atoms in total. The Morgan fingerprint density at radius 3 is 2.62 bits per heavy atom. The first kappa shape index (κ1) is 27.2. The number of benzene rings is 1. The van der Waals surface area contributed by atoms with E-state index in [0.717, 1.165) is 0 Å². The van der Waals surface area contributed by atoms with Crippen LogP contribution in [0.5, 0.6) is 0 Å². The van der Waals surface area contributed by atoms with Gasteiger partial charge in [0.25, 0.3) is 0 Å². The number of aliphatic hydroxyl groups excluding tert-OH is 1. The van der Waals surface area contributed by atoms with Crippen LogP contribution in [0.25, 0.3) is 11.0 Å². The van der Waals surface area contributed by atoms with Crippen LogP contribution in [-0.4, -0.2) is 60.8 Å². The molecule has 1 aliphatic heterocycles. The molecule has 0 aliphatic carbocycles. The van der Waals surface area contributed by atoms with Gasteiger partial charge in [-0.15, -0.1) is 0 Å². The van der Waals surface area contributed by atoms with Crippen molar-refractivity contribution >= 4 is 40.1 Å². The lowest BCUT2D eigenvalue weighted by atomic mass is 9.85. The minimum atomic E-state index is -4.38. The van der Waals surface area contributed by atoms with E-state index >= 15 is 0 Å². The molecule has 2 aromatic heterocycles. The summed E-state index contributed by atoms with van der Waals surface area (Å²) >= 11 is 6.32. The Morgan fingerprint density at radius 1 is 1.24 bits per heavy atom. The molecule has 4 rings (SSSR count). The van der Waals surface area contributed by atoms with E-state index in [1.807, 2.05) is 0 Å². The molecule has 0 spiro atoms. The largest absolute Gasteiger partial charge is 0.396 e. The number of anilines is 3. The molecule has 13 heteroatoms. The van der Waals surface area contributed by atoms with Crippen molar-refractivity contribution in [3.05, 3.63) is 39.9 Å². The number of alkyl halides is 3. The van der Waals surface area contributed by atoms with Crippen molar-refractivity contribution in [3.8, 4) is 0 Å². The average Bonchev–Trinajstić information content (AvgIpc) is 3.06. The van der Waals surface area contributed by atoms with Gasteiger partial charge in [-0.1, -0.05) is 11.6 Å². The third kappa shape index (κ3) is 5.86. The molecule has 1 aromatic carbocycles. The molecule has 3 N–H and O–H groups in total. The SMILES string of the molecule is Cn1c(=O)n(CCC(C)(C)O)c2cc(Nc3nc(N4CCC(C(F)(F)F)C(CO)C4)ncc3Cl)ccc21. The summed E-state index contributed by atoms with van der Waals surface area (Å²) in [5.41, 5.74) is 0.812. The number of aliphatic hydroxyl groups is 2. The average molecular weight is 543 g/mol. The van der Waals surface area contributed by atoms with Crippen LogP contribution < -0.4 is 15.9 Å². The van der Waals surface area contributed by atoms with Crippen molar-refractivity contribution < 1.29 is 23.4 Å². The van der Waals surface area contributed by atoms with Crippen molar-refractivity contribution in [3.63, 3.8) is 0 Å². The molecule has 0 bridgehead atoms. The summed E-state index contributed by atoms with van der Waals surface area (Å²) in [6, 6.07) is 5.32. The number of hydrogen-bond donors (Lipinski definition) is 3. The Bertz CT molecular complexity index is 1330. The van der Waals surface area contributed by atoms with E-state index in [4.69, 9.17) is 11.6 Å². The van der Waals surface area contributed by atoms with Gasteiger partial charge in [0, 0.05) is 44.9 Å². The molecule has 3 aromatic rings. The van der Waals surface area contributed by atoms with Crippen molar-refractivity contribution in [2.75, 3.05) is 29.9 Å². The number of aromatic nitrogens is 4. The molecular weight excluding hydrogens is 513 g/mol. The molecule has 37 heavy (non-hydrogen) atoms. The lowest BCUT2D eigenvalue weighted by Gasteiger charge is -2.38. The van der Waals surface area contributed by atoms with E-state index in [0.29, 0.717) is 29.7 Å². The van der Waals surface area contributed by atoms with Gasteiger partial charge >= 0.3 is 11.9 Å². The second-order valence-electron chi connectivity index (χ2n) is 10.1. The van der Waals surface area contributed by atoms with E-state index in [-0.39, 0.29) is 42.0 Å². The maximum Gasteiger partial charge on any atom is 0.392 e. The van der Waals surface area contributed by atoms with E-state index in [1.54, 1.807) is 48.6 Å². The minimum Gasteiger partial charge on any atom is -0.396 e. The normalized spacial score (nSPS) is 19.0. The summed E-state index contributed by atoms with van der Waals surface area (Å²) in [5, 5.41) is 23.0. The number of nitrogens with zero attached hydrogens (tertiary/aromatic N) is 5. The zero-order valence-electron chi connectivity index (χ0n) is 20.8. The Balaban J connectivity index is 1.60. The van der Waals surface area contributed by atoms with Gasteiger partial charge in [-0.3, -0.25) is 9.13 Å². The monoisotopic (exact) mass is 542 g/mol. The van der Waals surface area contributed by atoms with Crippen LogP contribution in [0.4, 0.5) is 30.6 Å². The Labute approximate surface area is 216 Å². The zero-order chi connectivity index (χ0) is 27.1. The van der Waals surface area contributed by atoms with Gasteiger partial charge in [0.05, 0.1) is 28.7 Å². The van der Waals surface area contributed by atoms with Crippen molar-refractivity contribution in [2.24, 2.45) is 18.9 Å². The smallest absolute Gasteiger partial charge is 0.392 e. The zero-order valence-corrected chi connectivity index (χ0v) is 21.5. The molecule has 2 atom stereocenters. The van der Waals surface area contributed by atoms with E-state index in [1.165, 1.54) is 10.8 Å². The van der Waals surface area contributed by atoms with Crippen LogP contribution in [0.1, 0.15) is 26.7 Å². The third-order valence-electron chi connectivity index (χ3n) is 6.76. The number of aryl methyl sites for hydroxylation is 2. The number of piperidine rings is 1. The van der Waals surface area contributed by atoms with Crippen LogP contribution in [0.15, 0.2) is 29.2 Å². The third-order valence-corrected chi connectivity index (χ3v) is 7.04. The highest BCUT2D eigenvalue weighted by molar-refractivity contribution is 6.32. The van der Waals surface area contributed by atoms with Gasteiger partial charge in [-0.2, -0.15) is 18.2 Å². The topological polar surface area (TPSA) is 108 Å². The number of rotatable bonds is 7. The summed E-state index contributed by atoms with van der Waals surface area (Å²) in [6.45, 7) is 3.14. The number of halogens is 4. The highest BCUT2D eigenvalue weighted by atomic mass is 35.5. The Morgan fingerprint density at radius 2 is 1.97 bits per heavy atom. The predicted molar refractivity (Wildman–Crippen MR) is 135 cm³/mol. The first-order chi connectivity index (χ1) is 17.3. The molecule has 2 unspecified atom stereocenters. The fourth-order valence-corrected chi connectivity index (χ4v) is 4.79. The van der Waals surface area contributed by atoms with E-state index in [2.05, 4.69) is 15.3 Å². The van der Waals surface area contributed by atoms with Crippen LogP contribution in [0.3, 0.4) is 0 Å². The number of nitrogens with one attached hydrogen (secondary N) is 1. The number of hydrogen-bond acceptors (Lipinski definition) is 7. The molecule has 0 radical (unpaired) electrons. The molecule has 202 valence electrons. The van der Waals surface area contributed by atoms with Gasteiger partial charge in [0.1, 0.15) is 5.02 Å². The fourth-order valence-electron chi connectivity index (χ4n) is 4.65. The first-order valence-electron chi connectivity index (χ1n) is 11.9. The van der Waals surface area contributed by atoms with Gasteiger partial charge in [0.15, 0.2) is 5.82 Å². The summed E-state index contributed by atoms with van der Waals surface area (Å²) in [6.07, 6.45) is -2.80. The van der Waals surface area contributed by atoms with E-state index < -0.39 is 30.2 Å². The van der Waals surface area contributed by atoms with Crippen molar-refractivity contribution in [1.29, 1.82) is 0 Å². The number of imidazole rings is 1. The van der Waals surface area contributed by atoms with Gasteiger partial charge < -0.3 is 20.4 Å². The standard InChI is InChI=1S/C24H30ClF3N6O3/c1-23(2,37)7-9-34-19-10-15(4-5-18(19)32(3)22(34)36)30-20-17(25)11-29-21(31-20)33-8-6-16(24(26,27)28)14(12-33)13-35/h4-5,10-11,14,16,35,37H,6-9,12-13H2,1-3H3,(H,29,30,31). The quantitative estimate of drug-likeness (QED) is 0.418. The first-order valence-corrected chi connectivity index (χ1v) is 12.3. The highest BCUT2D eigenvalue weighted by Gasteiger charge is 2.47. The van der Waals surface area contributed by atoms with E-state index in [9.17, 15) is 28.2 Å². The molecule has 3 heterocycles. The number of fused-ring (bicyclic) bond motifs is 1. The van der Waals surface area contributed by atoms with Crippen molar-refractivity contribution in [1.82, 2.24) is 19.1 Å². The minimum absolute atomic E-state index is 0.0365. The van der Waals surface area contributed by atoms with Crippen LogP contribution in [-0.2, 0) is 13.6 Å². The molecule has 0 saturated carbocycles. The van der Waals surface area contributed by atoms with Crippen LogP contribution in [0.2, 0.25) is 5.02 Å². The molecule has 1 saturated heterocycles. The second-order valence-corrected chi connectivity index (χ2v) is 10.5. The molecule has 0 amide bonds. The molecule has 1 fully saturated rings. The Kier molecular flexibility index (Phi) is 7.46. The van der Waals surface area contributed by atoms with Crippen molar-refractivity contribution in [2.45, 2.75) is 45.0 Å². The lowest BCUT2D eigenvalue weighted by molar-refractivity contribution is -0.195.